The third kappa shape index (κ3) is 7.64. The minimum absolute atomic E-state index is 0.00156. The summed E-state index contributed by atoms with van der Waals surface area (Å²) >= 11 is 7.50. The van der Waals surface area contributed by atoms with Crippen molar-refractivity contribution in [2.45, 2.75) is 44.8 Å². The third-order valence-corrected chi connectivity index (χ3v) is 7.13. The fourth-order valence-corrected chi connectivity index (χ4v) is 4.85. The second-order valence-corrected chi connectivity index (χ2v) is 11.4. The maximum absolute atomic E-state index is 12.9. The summed E-state index contributed by atoms with van der Waals surface area (Å²) in [5.41, 5.74) is 3.11. The summed E-state index contributed by atoms with van der Waals surface area (Å²) in [6, 6.07) is 22.0. The van der Waals surface area contributed by atoms with Gasteiger partial charge in [-0.1, -0.05) is 62.3 Å². The minimum atomic E-state index is -0.218. The number of nitrogens with one attached hydrogen (secondary N) is 2. The molecular weight excluding hydrogens is 546 g/mol. The van der Waals surface area contributed by atoms with E-state index >= 15 is 0 Å². The number of aromatic nitrogens is 3. The molecule has 0 aliphatic carbocycles. The summed E-state index contributed by atoms with van der Waals surface area (Å²) in [6.07, 6.45) is 0. The van der Waals surface area contributed by atoms with Crippen LogP contribution in [0.25, 0.3) is 5.69 Å². The number of rotatable bonds is 10. The van der Waals surface area contributed by atoms with Crippen LogP contribution in [0.1, 0.15) is 49.4 Å². The highest BCUT2D eigenvalue weighted by atomic mass is 35.5. The number of anilines is 1. The number of carbonyl (C=O) groups is 2. The average Bonchev–Trinajstić information content (AvgIpc) is 3.34. The minimum Gasteiger partial charge on any atom is -0.494 e. The highest BCUT2D eigenvalue weighted by Crippen LogP contribution is 2.25. The molecule has 1 aromatic heterocycles. The molecule has 0 bridgehead atoms. The number of thioether (sulfide) groups is 1. The van der Waals surface area contributed by atoms with E-state index in [-0.39, 0.29) is 29.5 Å². The normalized spacial score (nSPS) is 11.2. The molecule has 208 valence electrons. The van der Waals surface area contributed by atoms with Crippen molar-refractivity contribution >= 4 is 40.9 Å². The predicted octanol–water partition coefficient (Wildman–Crippen LogP) is 6.28. The van der Waals surface area contributed by atoms with Crippen molar-refractivity contribution in [3.8, 4) is 11.4 Å². The van der Waals surface area contributed by atoms with Gasteiger partial charge >= 0.3 is 0 Å². The summed E-state index contributed by atoms with van der Waals surface area (Å²) < 4.78 is 7.24. The first-order chi connectivity index (χ1) is 19.1. The van der Waals surface area contributed by atoms with E-state index < -0.39 is 0 Å². The monoisotopic (exact) mass is 577 g/mol. The predicted molar refractivity (Wildman–Crippen MR) is 160 cm³/mol. The molecule has 2 N–H and O–H groups in total. The van der Waals surface area contributed by atoms with Crippen LogP contribution in [0, 0.1) is 0 Å². The lowest BCUT2D eigenvalue weighted by molar-refractivity contribution is -0.113. The summed E-state index contributed by atoms with van der Waals surface area (Å²) in [5.74, 6) is 0.953. The van der Waals surface area contributed by atoms with Gasteiger partial charge < -0.3 is 15.4 Å². The van der Waals surface area contributed by atoms with E-state index in [1.165, 1.54) is 11.8 Å². The first-order valence-electron chi connectivity index (χ1n) is 12.9. The SMILES string of the molecule is CCOc1ccc(NC(=O)CSc2nnc(CNC(=O)c3ccc(C(C)(C)C)cc3)n2-c2cccc(Cl)c2)cc1. The van der Waals surface area contributed by atoms with Gasteiger partial charge in [-0.3, -0.25) is 14.2 Å². The summed E-state index contributed by atoms with van der Waals surface area (Å²) in [5, 5.41) is 15.5. The van der Waals surface area contributed by atoms with Crippen LogP contribution < -0.4 is 15.4 Å². The van der Waals surface area contributed by atoms with E-state index in [1.54, 1.807) is 28.8 Å². The van der Waals surface area contributed by atoms with E-state index in [2.05, 4.69) is 41.6 Å². The summed E-state index contributed by atoms with van der Waals surface area (Å²) in [6.45, 7) is 9.02. The van der Waals surface area contributed by atoms with Crippen LogP contribution in [-0.2, 0) is 16.8 Å². The van der Waals surface area contributed by atoms with E-state index in [0.29, 0.717) is 33.9 Å². The average molecular weight is 578 g/mol. The van der Waals surface area contributed by atoms with Gasteiger partial charge in [-0.15, -0.1) is 10.2 Å². The van der Waals surface area contributed by atoms with Gasteiger partial charge in [-0.25, -0.2) is 0 Å². The van der Waals surface area contributed by atoms with E-state index in [4.69, 9.17) is 16.3 Å². The van der Waals surface area contributed by atoms with E-state index in [0.717, 1.165) is 17.0 Å². The molecule has 0 saturated carbocycles. The Balaban J connectivity index is 1.46. The highest BCUT2D eigenvalue weighted by molar-refractivity contribution is 7.99. The van der Waals surface area contributed by atoms with Crippen LogP contribution in [0.4, 0.5) is 5.69 Å². The molecule has 10 heteroatoms. The number of nitrogens with zero attached hydrogens (tertiary/aromatic N) is 3. The van der Waals surface area contributed by atoms with Gasteiger partial charge in [0.05, 0.1) is 24.6 Å². The molecular formula is C30H32ClN5O3S. The molecule has 4 rings (SSSR count). The number of benzene rings is 3. The van der Waals surface area contributed by atoms with Crippen molar-refractivity contribution in [1.82, 2.24) is 20.1 Å². The number of hydrogen-bond acceptors (Lipinski definition) is 6. The molecule has 0 aliphatic heterocycles. The Morgan fingerprint density at radius 2 is 1.73 bits per heavy atom. The Morgan fingerprint density at radius 1 is 1.00 bits per heavy atom. The number of amides is 2. The summed E-state index contributed by atoms with van der Waals surface area (Å²) in [4.78, 5) is 25.5. The molecule has 40 heavy (non-hydrogen) atoms. The topological polar surface area (TPSA) is 98.1 Å². The molecule has 4 aromatic rings. The van der Waals surface area contributed by atoms with Crippen LogP contribution >= 0.6 is 23.4 Å². The van der Waals surface area contributed by atoms with Crippen molar-refractivity contribution < 1.29 is 14.3 Å². The molecule has 8 nitrogen and oxygen atoms in total. The Kier molecular flexibility index (Phi) is 9.50. The third-order valence-electron chi connectivity index (χ3n) is 5.97. The second-order valence-electron chi connectivity index (χ2n) is 10.0. The lowest BCUT2D eigenvalue weighted by Gasteiger charge is -2.19. The Bertz CT molecular complexity index is 1460. The van der Waals surface area contributed by atoms with Gasteiger partial charge in [0.2, 0.25) is 5.91 Å². The number of ether oxygens (including phenoxy) is 1. The van der Waals surface area contributed by atoms with Crippen LogP contribution in [-0.4, -0.2) is 38.9 Å². The lowest BCUT2D eigenvalue weighted by atomic mass is 9.87. The molecule has 2 amide bonds. The smallest absolute Gasteiger partial charge is 0.251 e. The van der Waals surface area contributed by atoms with Crippen molar-refractivity contribution in [1.29, 1.82) is 0 Å². The number of halogens is 1. The highest BCUT2D eigenvalue weighted by Gasteiger charge is 2.18. The zero-order valence-electron chi connectivity index (χ0n) is 22.9. The molecule has 1 heterocycles. The largest absolute Gasteiger partial charge is 0.494 e. The zero-order valence-corrected chi connectivity index (χ0v) is 24.5. The first kappa shape index (κ1) is 29.2. The standard InChI is InChI=1S/C30H32ClN5O3S/c1-5-39-25-15-13-23(14-16-25)33-27(37)19-40-29-35-34-26(36(29)24-8-6-7-22(31)17-24)18-32-28(38)20-9-11-21(12-10-20)30(2,3)4/h6-17H,5,18-19H2,1-4H3,(H,32,38)(H,33,37). The quantitative estimate of drug-likeness (QED) is 0.215. The molecule has 0 atom stereocenters. The van der Waals surface area contributed by atoms with Gasteiger partial charge in [0.25, 0.3) is 5.91 Å². The lowest BCUT2D eigenvalue weighted by Crippen LogP contribution is -2.25. The Labute approximate surface area is 243 Å². The van der Waals surface area contributed by atoms with Crippen molar-refractivity contribution in [3.05, 3.63) is 94.8 Å². The zero-order chi connectivity index (χ0) is 28.7. The van der Waals surface area contributed by atoms with Gasteiger partial charge in [0.15, 0.2) is 11.0 Å². The van der Waals surface area contributed by atoms with Gasteiger partial charge in [-0.2, -0.15) is 0 Å². The van der Waals surface area contributed by atoms with Crippen molar-refractivity contribution in [2.24, 2.45) is 0 Å². The molecule has 0 aliphatic rings. The van der Waals surface area contributed by atoms with Crippen LogP contribution in [0.2, 0.25) is 5.02 Å². The molecule has 0 spiro atoms. The fourth-order valence-electron chi connectivity index (χ4n) is 3.89. The molecule has 3 aromatic carbocycles. The Morgan fingerprint density at radius 3 is 2.38 bits per heavy atom. The van der Waals surface area contributed by atoms with Crippen molar-refractivity contribution in [2.75, 3.05) is 17.7 Å². The van der Waals surface area contributed by atoms with Crippen LogP contribution in [0.15, 0.2) is 78.0 Å². The number of carbonyl (C=O) groups excluding carboxylic acids is 2. The fraction of sp³-hybridized carbons (Fsp3) is 0.267. The van der Waals surface area contributed by atoms with Crippen molar-refractivity contribution in [3.63, 3.8) is 0 Å². The van der Waals surface area contributed by atoms with E-state index in [9.17, 15) is 9.59 Å². The molecule has 0 unspecified atom stereocenters. The maximum Gasteiger partial charge on any atom is 0.251 e. The first-order valence-corrected chi connectivity index (χ1v) is 14.2. The van der Waals surface area contributed by atoms with Gasteiger partial charge in [0, 0.05) is 16.3 Å². The van der Waals surface area contributed by atoms with E-state index in [1.807, 2.05) is 55.5 Å². The van der Waals surface area contributed by atoms with Crippen LogP contribution in [0.5, 0.6) is 5.75 Å². The van der Waals surface area contributed by atoms with Crippen LogP contribution in [0.3, 0.4) is 0 Å². The molecule has 0 fully saturated rings. The summed E-state index contributed by atoms with van der Waals surface area (Å²) in [7, 11) is 0. The molecule has 0 radical (unpaired) electrons. The Hall–Kier alpha value is -3.82. The van der Waals surface area contributed by atoms with Gasteiger partial charge in [0.1, 0.15) is 5.75 Å². The maximum atomic E-state index is 12.9. The second kappa shape index (κ2) is 13.0. The molecule has 0 saturated heterocycles. The number of hydrogen-bond donors (Lipinski definition) is 2. The van der Waals surface area contributed by atoms with Gasteiger partial charge in [-0.05, 0) is 72.5 Å².